The summed E-state index contributed by atoms with van der Waals surface area (Å²) in [5.41, 5.74) is 0. The smallest absolute Gasteiger partial charge is 0.222 e. The van der Waals surface area contributed by atoms with Gasteiger partial charge in [-0.1, -0.05) is 13.8 Å². The largest absolute Gasteiger partial charge is 0.355 e. The van der Waals surface area contributed by atoms with E-state index in [0.717, 1.165) is 25.6 Å². The molecule has 1 fully saturated rings. The van der Waals surface area contributed by atoms with E-state index >= 15 is 0 Å². The molecule has 0 aromatic rings. The molecular formula is C13H27N3O. The standard InChI is InChI=1S/C13H27N3O/c1-11(2)13(17)15-7-6-14-9-12-5-4-8-16(3)10-12/h11-12,14H,4-10H2,1-3H3,(H,15,17). The van der Waals surface area contributed by atoms with Crippen LogP contribution in [0.3, 0.4) is 0 Å². The van der Waals surface area contributed by atoms with Gasteiger partial charge in [0, 0.05) is 25.6 Å². The summed E-state index contributed by atoms with van der Waals surface area (Å²) in [5, 5.41) is 6.35. The van der Waals surface area contributed by atoms with Crippen molar-refractivity contribution in [3.8, 4) is 0 Å². The molecule has 0 bridgehead atoms. The van der Waals surface area contributed by atoms with E-state index in [1.165, 1.54) is 25.9 Å². The summed E-state index contributed by atoms with van der Waals surface area (Å²) in [6.07, 6.45) is 2.64. The Balaban J connectivity index is 1.98. The highest BCUT2D eigenvalue weighted by molar-refractivity contribution is 5.77. The molecule has 0 aliphatic carbocycles. The van der Waals surface area contributed by atoms with E-state index in [1.807, 2.05) is 13.8 Å². The molecule has 0 aromatic carbocycles. The average molecular weight is 241 g/mol. The zero-order chi connectivity index (χ0) is 12.7. The zero-order valence-electron chi connectivity index (χ0n) is 11.5. The molecule has 1 aliphatic heterocycles. The maximum Gasteiger partial charge on any atom is 0.222 e. The molecule has 100 valence electrons. The van der Waals surface area contributed by atoms with Crippen molar-refractivity contribution in [2.75, 3.05) is 39.8 Å². The fourth-order valence-corrected chi connectivity index (χ4v) is 2.22. The molecule has 1 saturated heterocycles. The highest BCUT2D eigenvalue weighted by atomic mass is 16.1. The molecule has 0 radical (unpaired) electrons. The van der Waals surface area contributed by atoms with Gasteiger partial charge in [-0.3, -0.25) is 4.79 Å². The number of nitrogens with one attached hydrogen (secondary N) is 2. The summed E-state index contributed by atoms with van der Waals surface area (Å²) in [4.78, 5) is 13.7. The van der Waals surface area contributed by atoms with Gasteiger partial charge in [-0.25, -0.2) is 0 Å². The molecule has 1 aliphatic rings. The van der Waals surface area contributed by atoms with Crippen LogP contribution < -0.4 is 10.6 Å². The summed E-state index contributed by atoms with van der Waals surface area (Å²) in [7, 11) is 2.19. The first-order chi connectivity index (χ1) is 8.09. The normalized spacial score (nSPS) is 21.8. The molecule has 1 rings (SSSR count). The Hall–Kier alpha value is -0.610. The molecule has 1 heterocycles. The van der Waals surface area contributed by atoms with Crippen LogP contribution in [0, 0.1) is 11.8 Å². The topological polar surface area (TPSA) is 44.4 Å². The first-order valence-corrected chi connectivity index (χ1v) is 6.76. The number of carbonyl (C=O) groups excluding carboxylic acids is 1. The Bertz CT molecular complexity index is 231. The first kappa shape index (κ1) is 14.5. The molecule has 4 nitrogen and oxygen atoms in total. The second-order valence-corrected chi connectivity index (χ2v) is 5.42. The maximum absolute atomic E-state index is 11.3. The minimum atomic E-state index is 0.0852. The van der Waals surface area contributed by atoms with Crippen LogP contribution in [0.15, 0.2) is 0 Å². The molecule has 2 N–H and O–H groups in total. The number of nitrogens with zero attached hydrogens (tertiary/aromatic N) is 1. The third-order valence-corrected chi connectivity index (χ3v) is 3.28. The van der Waals surface area contributed by atoms with E-state index < -0.39 is 0 Å². The number of carbonyl (C=O) groups is 1. The Morgan fingerprint density at radius 1 is 1.41 bits per heavy atom. The number of likely N-dealkylation sites (tertiary alicyclic amines) is 1. The summed E-state index contributed by atoms with van der Waals surface area (Å²) >= 11 is 0. The van der Waals surface area contributed by atoms with Gasteiger partial charge in [0.05, 0.1) is 0 Å². The van der Waals surface area contributed by atoms with E-state index in [-0.39, 0.29) is 11.8 Å². The van der Waals surface area contributed by atoms with Crippen molar-refractivity contribution < 1.29 is 4.79 Å². The fraction of sp³-hybridized carbons (Fsp3) is 0.923. The van der Waals surface area contributed by atoms with Crippen molar-refractivity contribution in [1.29, 1.82) is 0 Å². The highest BCUT2D eigenvalue weighted by Gasteiger charge is 2.16. The van der Waals surface area contributed by atoms with Crippen LogP contribution in [0.1, 0.15) is 26.7 Å². The quantitative estimate of drug-likeness (QED) is 0.673. The van der Waals surface area contributed by atoms with Crippen molar-refractivity contribution in [3.05, 3.63) is 0 Å². The lowest BCUT2D eigenvalue weighted by atomic mass is 9.98. The predicted octanol–water partition coefficient (Wildman–Crippen LogP) is 0.690. The molecule has 0 saturated carbocycles. The number of hydrogen-bond acceptors (Lipinski definition) is 3. The van der Waals surface area contributed by atoms with Crippen molar-refractivity contribution in [3.63, 3.8) is 0 Å². The van der Waals surface area contributed by atoms with Crippen molar-refractivity contribution in [2.45, 2.75) is 26.7 Å². The minimum Gasteiger partial charge on any atom is -0.355 e. The van der Waals surface area contributed by atoms with Crippen molar-refractivity contribution >= 4 is 5.91 Å². The van der Waals surface area contributed by atoms with E-state index in [4.69, 9.17) is 0 Å². The minimum absolute atomic E-state index is 0.0852. The van der Waals surface area contributed by atoms with Crippen LogP contribution in [0.2, 0.25) is 0 Å². The van der Waals surface area contributed by atoms with Gasteiger partial charge in [0.15, 0.2) is 0 Å². The third kappa shape index (κ3) is 6.03. The molecule has 1 unspecified atom stereocenters. The Labute approximate surface area is 105 Å². The average Bonchev–Trinajstić information content (AvgIpc) is 2.28. The molecular weight excluding hydrogens is 214 g/mol. The molecule has 0 spiro atoms. The van der Waals surface area contributed by atoms with Crippen LogP contribution >= 0.6 is 0 Å². The maximum atomic E-state index is 11.3. The lowest BCUT2D eigenvalue weighted by Gasteiger charge is -2.29. The Morgan fingerprint density at radius 3 is 2.82 bits per heavy atom. The molecule has 17 heavy (non-hydrogen) atoms. The van der Waals surface area contributed by atoms with Gasteiger partial charge in [-0.2, -0.15) is 0 Å². The van der Waals surface area contributed by atoms with Crippen LogP contribution in [-0.2, 0) is 4.79 Å². The van der Waals surface area contributed by atoms with E-state index in [0.29, 0.717) is 0 Å². The first-order valence-electron chi connectivity index (χ1n) is 6.76. The fourth-order valence-electron chi connectivity index (χ4n) is 2.22. The zero-order valence-corrected chi connectivity index (χ0v) is 11.5. The molecule has 4 heteroatoms. The van der Waals surface area contributed by atoms with Gasteiger partial charge >= 0.3 is 0 Å². The SMILES string of the molecule is CC(C)C(=O)NCCNCC1CCCN(C)C1. The molecule has 1 atom stereocenters. The number of rotatable bonds is 6. The number of hydrogen-bond donors (Lipinski definition) is 2. The summed E-state index contributed by atoms with van der Waals surface area (Å²) in [6.45, 7) is 8.95. The summed E-state index contributed by atoms with van der Waals surface area (Å²) in [6, 6.07) is 0. The van der Waals surface area contributed by atoms with Crippen LogP contribution in [0.25, 0.3) is 0 Å². The van der Waals surface area contributed by atoms with Crippen LogP contribution in [-0.4, -0.2) is 50.6 Å². The number of piperidine rings is 1. The van der Waals surface area contributed by atoms with Gasteiger partial charge in [0.25, 0.3) is 0 Å². The second kappa shape index (κ2) is 7.67. The van der Waals surface area contributed by atoms with Gasteiger partial charge in [-0.05, 0) is 38.9 Å². The summed E-state index contributed by atoms with van der Waals surface area (Å²) in [5.74, 6) is 1.00. The second-order valence-electron chi connectivity index (χ2n) is 5.42. The van der Waals surface area contributed by atoms with Gasteiger partial charge < -0.3 is 15.5 Å². The van der Waals surface area contributed by atoms with E-state index in [9.17, 15) is 4.79 Å². The monoisotopic (exact) mass is 241 g/mol. The lowest BCUT2D eigenvalue weighted by Crippen LogP contribution is -2.40. The summed E-state index contributed by atoms with van der Waals surface area (Å²) < 4.78 is 0. The number of amides is 1. The van der Waals surface area contributed by atoms with Crippen LogP contribution in [0.5, 0.6) is 0 Å². The Morgan fingerprint density at radius 2 is 2.18 bits per heavy atom. The van der Waals surface area contributed by atoms with Crippen molar-refractivity contribution in [1.82, 2.24) is 15.5 Å². The third-order valence-electron chi connectivity index (χ3n) is 3.28. The van der Waals surface area contributed by atoms with E-state index in [2.05, 4.69) is 22.6 Å². The Kier molecular flexibility index (Phi) is 6.52. The van der Waals surface area contributed by atoms with Gasteiger partial charge in [0.2, 0.25) is 5.91 Å². The van der Waals surface area contributed by atoms with Gasteiger partial charge in [0.1, 0.15) is 0 Å². The van der Waals surface area contributed by atoms with Gasteiger partial charge in [-0.15, -0.1) is 0 Å². The van der Waals surface area contributed by atoms with Crippen LogP contribution in [0.4, 0.5) is 0 Å². The molecule has 1 amide bonds. The lowest BCUT2D eigenvalue weighted by molar-refractivity contribution is -0.123. The van der Waals surface area contributed by atoms with E-state index in [1.54, 1.807) is 0 Å². The predicted molar refractivity (Wildman–Crippen MR) is 70.9 cm³/mol. The molecule has 0 aromatic heterocycles. The van der Waals surface area contributed by atoms with Crippen molar-refractivity contribution in [2.24, 2.45) is 11.8 Å². The highest BCUT2D eigenvalue weighted by Crippen LogP contribution is 2.13.